The Morgan fingerprint density at radius 2 is 2.09 bits per heavy atom. The van der Waals surface area contributed by atoms with E-state index in [0.29, 0.717) is 6.42 Å². The molecule has 66 valence electrons. The molecule has 0 rings (SSSR count). The van der Waals surface area contributed by atoms with Crippen molar-refractivity contribution in [3.05, 3.63) is 0 Å². The van der Waals surface area contributed by atoms with Gasteiger partial charge in [-0.05, 0) is 6.42 Å². The van der Waals surface area contributed by atoms with Crippen LogP contribution in [0.3, 0.4) is 0 Å². The SMILES string of the molecule is CC[C@H](O)[C@@H](C)[C@@H](N)C(=O)O. The molecule has 0 fully saturated rings. The van der Waals surface area contributed by atoms with Crippen molar-refractivity contribution in [2.75, 3.05) is 0 Å². The van der Waals surface area contributed by atoms with Gasteiger partial charge in [0.05, 0.1) is 6.10 Å². The second kappa shape index (κ2) is 4.31. The van der Waals surface area contributed by atoms with Crippen LogP contribution in [-0.2, 0) is 4.79 Å². The maximum Gasteiger partial charge on any atom is 0.320 e. The summed E-state index contributed by atoms with van der Waals surface area (Å²) in [6.45, 7) is 3.42. The van der Waals surface area contributed by atoms with Gasteiger partial charge in [-0.15, -0.1) is 0 Å². The molecule has 0 aliphatic heterocycles. The van der Waals surface area contributed by atoms with Gasteiger partial charge in [0.25, 0.3) is 0 Å². The second-order valence-electron chi connectivity index (χ2n) is 2.70. The van der Waals surface area contributed by atoms with Gasteiger partial charge in [-0.2, -0.15) is 0 Å². The van der Waals surface area contributed by atoms with Gasteiger partial charge in [0, 0.05) is 5.92 Å². The smallest absolute Gasteiger partial charge is 0.320 e. The number of aliphatic hydroxyl groups is 1. The molecule has 4 heteroatoms. The van der Waals surface area contributed by atoms with Crippen molar-refractivity contribution in [3.8, 4) is 0 Å². The first-order valence-corrected chi connectivity index (χ1v) is 3.67. The van der Waals surface area contributed by atoms with Gasteiger partial charge in [0.2, 0.25) is 0 Å². The fourth-order valence-electron chi connectivity index (χ4n) is 0.836. The number of hydrogen-bond acceptors (Lipinski definition) is 3. The normalized spacial score (nSPS) is 18.9. The highest BCUT2D eigenvalue weighted by Gasteiger charge is 2.24. The van der Waals surface area contributed by atoms with Crippen molar-refractivity contribution in [2.45, 2.75) is 32.4 Å². The average molecular weight is 161 g/mol. The summed E-state index contributed by atoms with van der Waals surface area (Å²) in [6.07, 6.45) is -0.0941. The van der Waals surface area contributed by atoms with Crippen LogP contribution in [0.2, 0.25) is 0 Å². The summed E-state index contributed by atoms with van der Waals surface area (Å²) in [5.74, 6) is -1.46. The van der Waals surface area contributed by atoms with Crippen LogP contribution in [0.4, 0.5) is 0 Å². The lowest BCUT2D eigenvalue weighted by molar-refractivity contribution is -0.140. The Kier molecular flexibility index (Phi) is 4.07. The molecule has 0 spiro atoms. The topological polar surface area (TPSA) is 83.5 Å². The first-order chi connectivity index (χ1) is 5.00. The lowest BCUT2D eigenvalue weighted by Crippen LogP contribution is -2.41. The molecule has 0 aliphatic carbocycles. The van der Waals surface area contributed by atoms with Gasteiger partial charge in [-0.1, -0.05) is 13.8 Å². The number of carboxylic acids is 1. The molecular weight excluding hydrogens is 146 g/mol. The van der Waals surface area contributed by atoms with Crippen molar-refractivity contribution < 1.29 is 15.0 Å². The molecular formula is C7H15NO3. The van der Waals surface area contributed by atoms with Gasteiger partial charge < -0.3 is 15.9 Å². The molecule has 0 aliphatic rings. The van der Waals surface area contributed by atoms with Crippen molar-refractivity contribution in [1.29, 1.82) is 0 Å². The fourth-order valence-corrected chi connectivity index (χ4v) is 0.836. The van der Waals surface area contributed by atoms with Crippen LogP contribution in [0.5, 0.6) is 0 Å². The van der Waals surface area contributed by atoms with Crippen molar-refractivity contribution >= 4 is 5.97 Å². The molecule has 0 bridgehead atoms. The summed E-state index contributed by atoms with van der Waals surface area (Å²) < 4.78 is 0. The summed E-state index contributed by atoms with van der Waals surface area (Å²) >= 11 is 0. The van der Waals surface area contributed by atoms with Crippen LogP contribution in [-0.4, -0.2) is 28.3 Å². The molecule has 0 heterocycles. The highest BCUT2D eigenvalue weighted by Crippen LogP contribution is 2.09. The number of carboxylic acid groups (broad SMARTS) is 1. The molecule has 3 atom stereocenters. The molecule has 4 nitrogen and oxygen atoms in total. The van der Waals surface area contributed by atoms with E-state index in [9.17, 15) is 9.90 Å². The van der Waals surface area contributed by atoms with E-state index in [-0.39, 0.29) is 0 Å². The van der Waals surface area contributed by atoms with E-state index in [2.05, 4.69) is 0 Å². The highest BCUT2D eigenvalue weighted by atomic mass is 16.4. The lowest BCUT2D eigenvalue weighted by atomic mass is 9.95. The number of carbonyl (C=O) groups is 1. The Bertz CT molecular complexity index is 138. The Balaban J connectivity index is 4.00. The predicted molar refractivity (Wildman–Crippen MR) is 41.1 cm³/mol. The minimum absolute atomic E-state index is 0.391. The molecule has 4 N–H and O–H groups in total. The van der Waals surface area contributed by atoms with Crippen LogP contribution in [0.15, 0.2) is 0 Å². The van der Waals surface area contributed by atoms with Crippen molar-refractivity contribution in [1.82, 2.24) is 0 Å². The first-order valence-electron chi connectivity index (χ1n) is 3.67. The summed E-state index contributed by atoms with van der Waals surface area (Å²) in [4.78, 5) is 10.3. The van der Waals surface area contributed by atoms with Crippen LogP contribution in [0, 0.1) is 5.92 Å². The Hall–Kier alpha value is -0.610. The first kappa shape index (κ1) is 10.4. The largest absolute Gasteiger partial charge is 0.480 e. The Morgan fingerprint density at radius 3 is 2.36 bits per heavy atom. The highest BCUT2D eigenvalue weighted by molar-refractivity contribution is 5.73. The molecule has 0 radical (unpaired) electrons. The van der Waals surface area contributed by atoms with E-state index in [1.807, 2.05) is 0 Å². The zero-order valence-corrected chi connectivity index (χ0v) is 6.82. The number of nitrogens with two attached hydrogens (primary N) is 1. The molecule has 0 aromatic carbocycles. The molecule has 0 unspecified atom stereocenters. The zero-order valence-electron chi connectivity index (χ0n) is 6.82. The van der Waals surface area contributed by atoms with Gasteiger partial charge in [0.1, 0.15) is 6.04 Å². The van der Waals surface area contributed by atoms with Crippen molar-refractivity contribution in [3.63, 3.8) is 0 Å². The van der Waals surface area contributed by atoms with Crippen molar-refractivity contribution in [2.24, 2.45) is 11.7 Å². The minimum Gasteiger partial charge on any atom is -0.480 e. The summed E-state index contributed by atoms with van der Waals surface area (Å²) in [7, 11) is 0. The fraction of sp³-hybridized carbons (Fsp3) is 0.857. The third kappa shape index (κ3) is 2.86. The van der Waals surface area contributed by atoms with E-state index in [1.54, 1.807) is 13.8 Å². The number of aliphatic carboxylic acids is 1. The molecule has 0 saturated heterocycles. The van der Waals surface area contributed by atoms with Gasteiger partial charge in [0.15, 0.2) is 0 Å². The molecule has 0 aromatic rings. The molecule has 11 heavy (non-hydrogen) atoms. The van der Waals surface area contributed by atoms with E-state index in [0.717, 1.165) is 0 Å². The third-order valence-corrected chi connectivity index (χ3v) is 1.88. The maximum absolute atomic E-state index is 10.3. The Morgan fingerprint density at radius 1 is 1.64 bits per heavy atom. The second-order valence-corrected chi connectivity index (χ2v) is 2.70. The summed E-state index contributed by atoms with van der Waals surface area (Å²) in [5, 5.41) is 17.7. The summed E-state index contributed by atoms with van der Waals surface area (Å²) in [6, 6.07) is -0.968. The third-order valence-electron chi connectivity index (χ3n) is 1.88. The lowest BCUT2D eigenvalue weighted by Gasteiger charge is -2.20. The zero-order chi connectivity index (χ0) is 9.02. The quantitative estimate of drug-likeness (QED) is 0.533. The Labute approximate surface area is 66.0 Å². The van der Waals surface area contributed by atoms with Crippen LogP contribution in [0.25, 0.3) is 0 Å². The van der Waals surface area contributed by atoms with E-state index in [1.165, 1.54) is 0 Å². The maximum atomic E-state index is 10.3. The number of aliphatic hydroxyl groups excluding tert-OH is 1. The van der Waals surface area contributed by atoms with E-state index in [4.69, 9.17) is 10.8 Å². The van der Waals surface area contributed by atoms with E-state index >= 15 is 0 Å². The van der Waals surface area contributed by atoms with E-state index < -0.39 is 24.0 Å². The van der Waals surface area contributed by atoms with Crippen LogP contribution in [0.1, 0.15) is 20.3 Å². The van der Waals surface area contributed by atoms with Gasteiger partial charge >= 0.3 is 5.97 Å². The summed E-state index contributed by atoms with van der Waals surface area (Å²) in [5.41, 5.74) is 5.28. The van der Waals surface area contributed by atoms with Crippen LogP contribution >= 0.6 is 0 Å². The molecule has 0 amide bonds. The molecule has 0 aromatic heterocycles. The number of hydrogen-bond donors (Lipinski definition) is 3. The molecule has 0 saturated carbocycles. The van der Waals surface area contributed by atoms with Gasteiger partial charge in [-0.3, -0.25) is 4.79 Å². The van der Waals surface area contributed by atoms with Crippen LogP contribution < -0.4 is 5.73 Å². The van der Waals surface area contributed by atoms with Gasteiger partial charge in [-0.25, -0.2) is 0 Å². The minimum atomic E-state index is -1.06. The monoisotopic (exact) mass is 161 g/mol. The average Bonchev–Trinajstić information content (AvgIpc) is 2.00. The predicted octanol–water partition coefficient (Wildman–Crippen LogP) is -0.195. The number of rotatable bonds is 4. The standard InChI is InChI=1S/C7H15NO3/c1-3-5(9)4(2)6(8)7(10)11/h4-6,9H,3,8H2,1-2H3,(H,10,11)/t4-,5+,6-/m1/s1.